The number of amides is 1. The lowest BCUT2D eigenvalue weighted by Gasteiger charge is -2.09. The summed E-state index contributed by atoms with van der Waals surface area (Å²) in [7, 11) is -3.99. The van der Waals surface area contributed by atoms with E-state index in [4.69, 9.17) is 11.6 Å². The van der Waals surface area contributed by atoms with Gasteiger partial charge >= 0.3 is 0 Å². The number of sulfonamides is 1. The van der Waals surface area contributed by atoms with E-state index >= 15 is 0 Å². The molecule has 0 atom stereocenters. The zero-order valence-electron chi connectivity index (χ0n) is 20.4. The summed E-state index contributed by atoms with van der Waals surface area (Å²) in [5.41, 5.74) is 7.11. The lowest BCUT2D eigenvalue weighted by Crippen LogP contribution is -2.30. The second kappa shape index (κ2) is 9.88. The molecule has 186 valence electrons. The molecule has 5 rings (SSSR count). The predicted octanol–water partition coefficient (Wildman–Crippen LogP) is 6.81. The SMILES string of the molecule is Cc1ccc(S(=O)(=O)NC(=O)c2ccc3[nH]c(C)c(Cc4ccc(-c5ccccc5)cc4Cl)c3c2)cc1. The molecule has 0 aliphatic heterocycles. The number of H-pyrrole nitrogens is 1. The lowest BCUT2D eigenvalue weighted by atomic mass is 9.98. The fraction of sp³-hybridized carbons (Fsp3) is 0.100. The maximum absolute atomic E-state index is 12.9. The van der Waals surface area contributed by atoms with Gasteiger partial charge in [0.1, 0.15) is 0 Å². The average molecular weight is 529 g/mol. The Morgan fingerprint density at radius 2 is 1.59 bits per heavy atom. The first-order valence-corrected chi connectivity index (χ1v) is 13.7. The fourth-order valence-corrected chi connectivity index (χ4v) is 5.62. The number of aromatic amines is 1. The van der Waals surface area contributed by atoms with Crippen LogP contribution in [0.25, 0.3) is 22.0 Å². The number of rotatable bonds is 6. The van der Waals surface area contributed by atoms with Crippen LogP contribution in [0.5, 0.6) is 0 Å². The summed E-state index contributed by atoms with van der Waals surface area (Å²) < 4.78 is 27.6. The van der Waals surface area contributed by atoms with Crippen LogP contribution in [0.2, 0.25) is 5.02 Å². The van der Waals surface area contributed by atoms with Crippen LogP contribution in [-0.4, -0.2) is 19.3 Å². The van der Waals surface area contributed by atoms with E-state index in [9.17, 15) is 13.2 Å². The molecule has 1 aromatic heterocycles. The average Bonchev–Trinajstić information content (AvgIpc) is 3.19. The predicted molar refractivity (Wildman–Crippen MR) is 149 cm³/mol. The van der Waals surface area contributed by atoms with Crippen molar-refractivity contribution in [1.29, 1.82) is 0 Å². The molecule has 0 bridgehead atoms. The van der Waals surface area contributed by atoms with Crippen molar-refractivity contribution in [2.45, 2.75) is 25.2 Å². The Morgan fingerprint density at radius 1 is 0.865 bits per heavy atom. The Hall–Kier alpha value is -3.87. The number of hydrogen-bond donors (Lipinski definition) is 2. The van der Waals surface area contributed by atoms with Gasteiger partial charge < -0.3 is 4.98 Å². The molecule has 0 aliphatic carbocycles. The van der Waals surface area contributed by atoms with E-state index in [1.54, 1.807) is 30.3 Å². The number of benzene rings is 4. The summed E-state index contributed by atoms with van der Waals surface area (Å²) in [6.45, 7) is 3.84. The number of hydrogen-bond acceptors (Lipinski definition) is 3. The third-order valence-electron chi connectivity index (χ3n) is 6.47. The zero-order valence-corrected chi connectivity index (χ0v) is 22.0. The molecule has 5 aromatic rings. The van der Waals surface area contributed by atoms with Gasteiger partial charge in [0.05, 0.1) is 4.90 Å². The Kier molecular flexibility index (Phi) is 6.63. The van der Waals surface area contributed by atoms with E-state index in [2.05, 4.69) is 15.8 Å². The van der Waals surface area contributed by atoms with Gasteiger partial charge in [-0.05, 0) is 72.5 Å². The molecule has 0 radical (unpaired) electrons. The van der Waals surface area contributed by atoms with Gasteiger partial charge in [-0.15, -0.1) is 0 Å². The first-order chi connectivity index (χ1) is 17.7. The van der Waals surface area contributed by atoms with E-state index in [1.165, 1.54) is 12.1 Å². The lowest BCUT2D eigenvalue weighted by molar-refractivity contribution is 0.0981. The molecule has 0 saturated heterocycles. The Balaban J connectivity index is 1.43. The highest BCUT2D eigenvalue weighted by atomic mass is 35.5. The summed E-state index contributed by atoms with van der Waals surface area (Å²) in [5.74, 6) is -0.683. The van der Waals surface area contributed by atoms with Crippen molar-refractivity contribution in [2.24, 2.45) is 0 Å². The third-order valence-corrected chi connectivity index (χ3v) is 8.17. The van der Waals surface area contributed by atoms with Crippen molar-refractivity contribution in [2.75, 3.05) is 0 Å². The molecule has 2 N–H and O–H groups in total. The van der Waals surface area contributed by atoms with Crippen LogP contribution >= 0.6 is 11.6 Å². The highest BCUT2D eigenvalue weighted by molar-refractivity contribution is 7.90. The van der Waals surface area contributed by atoms with Crippen LogP contribution in [0.3, 0.4) is 0 Å². The molecule has 0 fully saturated rings. The van der Waals surface area contributed by atoms with Crippen LogP contribution in [0.15, 0.2) is 95.9 Å². The topological polar surface area (TPSA) is 79.0 Å². The molecule has 1 amide bonds. The van der Waals surface area contributed by atoms with Gasteiger partial charge in [0, 0.05) is 33.6 Å². The van der Waals surface area contributed by atoms with Gasteiger partial charge in [-0.3, -0.25) is 4.79 Å². The van der Waals surface area contributed by atoms with Crippen LogP contribution in [0.1, 0.15) is 32.7 Å². The molecule has 0 aliphatic rings. The number of aryl methyl sites for hydroxylation is 2. The van der Waals surface area contributed by atoms with E-state index in [0.717, 1.165) is 44.4 Å². The number of carbonyl (C=O) groups excluding carboxylic acids is 1. The van der Waals surface area contributed by atoms with Gasteiger partial charge in [-0.2, -0.15) is 0 Å². The van der Waals surface area contributed by atoms with Gasteiger partial charge in [0.15, 0.2) is 0 Å². The second-order valence-electron chi connectivity index (χ2n) is 9.09. The number of halogens is 1. The Morgan fingerprint density at radius 3 is 2.30 bits per heavy atom. The van der Waals surface area contributed by atoms with E-state index in [1.807, 2.05) is 56.3 Å². The summed E-state index contributed by atoms with van der Waals surface area (Å²) in [6, 6.07) is 27.6. The van der Waals surface area contributed by atoms with Crippen molar-refractivity contribution in [3.8, 4) is 11.1 Å². The van der Waals surface area contributed by atoms with Gasteiger partial charge in [0.25, 0.3) is 15.9 Å². The molecule has 4 aromatic carbocycles. The van der Waals surface area contributed by atoms with E-state index < -0.39 is 15.9 Å². The molecule has 7 heteroatoms. The minimum Gasteiger partial charge on any atom is -0.358 e. The summed E-state index contributed by atoms with van der Waals surface area (Å²) in [5, 5.41) is 1.51. The van der Waals surface area contributed by atoms with Crippen molar-refractivity contribution >= 4 is 38.4 Å². The van der Waals surface area contributed by atoms with Crippen LogP contribution < -0.4 is 4.72 Å². The van der Waals surface area contributed by atoms with Crippen LogP contribution in [0.4, 0.5) is 0 Å². The smallest absolute Gasteiger partial charge is 0.265 e. The molecule has 5 nitrogen and oxygen atoms in total. The largest absolute Gasteiger partial charge is 0.358 e. The molecule has 0 spiro atoms. The summed E-state index contributed by atoms with van der Waals surface area (Å²) in [4.78, 5) is 16.3. The van der Waals surface area contributed by atoms with E-state index in [0.29, 0.717) is 11.4 Å². The molecule has 1 heterocycles. The number of fused-ring (bicyclic) bond motifs is 1. The van der Waals surface area contributed by atoms with E-state index in [-0.39, 0.29) is 10.5 Å². The standard InChI is InChI=1S/C30H25ClN2O3S/c1-19-8-13-25(14-9-19)37(35,36)33-30(34)24-12-15-29-27(17-24)26(20(2)32-29)16-23-11-10-22(18-28(23)31)21-6-4-3-5-7-21/h3-15,17-18,32H,16H2,1-2H3,(H,33,34). The third kappa shape index (κ3) is 5.17. The highest BCUT2D eigenvalue weighted by Crippen LogP contribution is 2.31. The number of aromatic nitrogens is 1. The second-order valence-corrected chi connectivity index (χ2v) is 11.2. The first-order valence-electron chi connectivity index (χ1n) is 11.8. The Bertz CT molecular complexity index is 1720. The van der Waals surface area contributed by atoms with Gasteiger partial charge in [-0.25, -0.2) is 13.1 Å². The Labute approximate surface area is 221 Å². The highest BCUT2D eigenvalue weighted by Gasteiger charge is 2.20. The normalized spacial score (nSPS) is 11.5. The summed E-state index contributed by atoms with van der Waals surface area (Å²) in [6.07, 6.45) is 0.562. The van der Waals surface area contributed by atoms with Gasteiger partial charge in [-0.1, -0.05) is 71.8 Å². The fourth-order valence-electron chi connectivity index (χ4n) is 4.40. The number of nitrogens with one attached hydrogen (secondary N) is 2. The first kappa shape index (κ1) is 24.8. The zero-order chi connectivity index (χ0) is 26.2. The van der Waals surface area contributed by atoms with Crippen molar-refractivity contribution < 1.29 is 13.2 Å². The van der Waals surface area contributed by atoms with Crippen molar-refractivity contribution in [1.82, 2.24) is 9.71 Å². The summed E-state index contributed by atoms with van der Waals surface area (Å²) >= 11 is 6.68. The quantitative estimate of drug-likeness (QED) is 0.254. The molecular formula is C30H25ClN2O3S. The molecule has 0 saturated carbocycles. The minimum absolute atomic E-state index is 0.0410. The molecule has 37 heavy (non-hydrogen) atoms. The van der Waals surface area contributed by atoms with Crippen molar-refractivity contribution in [3.05, 3.63) is 124 Å². The number of carbonyl (C=O) groups is 1. The molecule has 0 unspecified atom stereocenters. The van der Waals surface area contributed by atoms with Crippen LogP contribution in [-0.2, 0) is 16.4 Å². The maximum Gasteiger partial charge on any atom is 0.265 e. The van der Waals surface area contributed by atoms with Crippen molar-refractivity contribution in [3.63, 3.8) is 0 Å². The minimum atomic E-state index is -3.99. The monoisotopic (exact) mass is 528 g/mol. The van der Waals surface area contributed by atoms with Crippen LogP contribution in [0, 0.1) is 13.8 Å². The molecular weight excluding hydrogens is 504 g/mol. The van der Waals surface area contributed by atoms with Gasteiger partial charge in [0.2, 0.25) is 0 Å². The maximum atomic E-state index is 12.9.